The molecule has 5 heteroatoms. The Morgan fingerprint density at radius 3 is 3.33 bits per heavy atom. The molecule has 1 aromatic rings. The second-order valence-electron chi connectivity index (χ2n) is 3.43. The normalized spacial score (nSPS) is 20.5. The Bertz CT molecular complexity index is 342. The molecule has 1 aliphatic heterocycles. The van der Waals surface area contributed by atoms with Gasteiger partial charge < -0.3 is 14.5 Å². The van der Waals surface area contributed by atoms with Gasteiger partial charge in [-0.2, -0.15) is 0 Å². The van der Waals surface area contributed by atoms with Crippen molar-refractivity contribution in [1.29, 1.82) is 0 Å². The van der Waals surface area contributed by atoms with E-state index in [1.54, 1.807) is 6.92 Å². The molecule has 2 rings (SSSR count). The van der Waals surface area contributed by atoms with Crippen LogP contribution < -0.4 is 5.32 Å². The third-order valence-electron chi connectivity index (χ3n) is 2.44. The first-order valence-electron chi connectivity index (χ1n) is 5.16. The lowest BCUT2D eigenvalue weighted by Gasteiger charge is -2.07. The molecule has 82 valence electrons. The maximum Gasteiger partial charge on any atom is 0.360 e. The van der Waals surface area contributed by atoms with E-state index in [9.17, 15) is 4.79 Å². The average Bonchev–Trinajstić information content (AvgIpc) is 2.88. The zero-order chi connectivity index (χ0) is 10.7. The van der Waals surface area contributed by atoms with E-state index in [0.717, 1.165) is 19.4 Å². The van der Waals surface area contributed by atoms with Crippen LogP contribution in [0.3, 0.4) is 0 Å². The van der Waals surface area contributed by atoms with Crippen LogP contribution in [0.2, 0.25) is 0 Å². The van der Waals surface area contributed by atoms with Crippen LogP contribution >= 0.6 is 0 Å². The van der Waals surface area contributed by atoms with Gasteiger partial charge in [-0.3, -0.25) is 0 Å². The van der Waals surface area contributed by atoms with Crippen molar-refractivity contribution in [2.75, 3.05) is 13.2 Å². The van der Waals surface area contributed by atoms with Crippen LogP contribution in [0.4, 0.5) is 0 Å². The van der Waals surface area contributed by atoms with Crippen LogP contribution in [0.1, 0.15) is 42.1 Å². The van der Waals surface area contributed by atoms with Gasteiger partial charge in [-0.15, -0.1) is 0 Å². The van der Waals surface area contributed by atoms with E-state index in [0.29, 0.717) is 18.1 Å². The largest absolute Gasteiger partial charge is 0.461 e. The molecule has 0 spiro atoms. The lowest BCUT2D eigenvalue weighted by atomic mass is 10.1. The smallest absolute Gasteiger partial charge is 0.360 e. The summed E-state index contributed by atoms with van der Waals surface area (Å²) in [6.07, 6.45) is 3.36. The molecule has 0 amide bonds. The van der Waals surface area contributed by atoms with Crippen molar-refractivity contribution >= 4 is 5.97 Å². The van der Waals surface area contributed by atoms with Gasteiger partial charge in [0.15, 0.2) is 17.8 Å². The summed E-state index contributed by atoms with van der Waals surface area (Å²) in [7, 11) is 0. The van der Waals surface area contributed by atoms with Crippen molar-refractivity contribution < 1.29 is 13.9 Å². The molecule has 0 radical (unpaired) electrons. The number of nitrogens with zero attached hydrogens (tertiary/aromatic N) is 1. The van der Waals surface area contributed by atoms with Gasteiger partial charge in [-0.05, 0) is 26.3 Å². The maximum atomic E-state index is 11.5. The molecule has 0 saturated carbocycles. The van der Waals surface area contributed by atoms with E-state index < -0.39 is 5.97 Å². The van der Waals surface area contributed by atoms with Crippen molar-refractivity contribution in [3.8, 4) is 0 Å². The zero-order valence-electron chi connectivity index (χ0n) is 8.66. The topological polar surface area (TPSA) is 64.4 Å². The number of hydrogen-bond acceptors (Lipinski definition) is 5. The van der Waals surface area contributed by atoms with Gasteiger partial charge in [-0.1, -0.05) is 0 Å². The molecule has 0 bridgehead atoms. The number of carbonyl (C=O) groups excluding carboxylic acids is 1. The summed E-state index contributed by atoms with van der Waals surface area (Å²) in [6.45, 7) is 3.07. The standard InChI is InChI=1S/C10H14N2O3/c1-2-14-10(13)8-9(15-6-12-8)7-4-3-5-11-7/h6-7,11H,2-5H2,1H3. The number of carbonyl (C=O) groups is 1. The van der Waals surface area contributed by atoms with Crippen LogP contribution in [-0.2, 0) is 4.74 Å². The van der Waals surface area contributed by atoms with E-state index in [-0.39, 0.29) is 6.04 Å². The molecule has 1 N–H and O–H groups in total. The highest BCUT2D eigenvalue weighted by atomic mass is 16.5. The first kappa shape index (κ1) is 10.2. The zero-order valence-corrected chi connectivity index (χ0v) is 8.66. The quantitative estimate of drug-likeness (QED) is 0.761. The molecule has 1 unspecified atom stereocenters. The number of nitrogens with one attached hydrogen (secondary N) is 1. The first-order valence-corrected chi connectivity index (χ1v) is 5.16. The fourth-order valence-electron chi connectivity index (χ4n) is 1.76. The minimum absolute atomic E-state index is 0.104. The number of oxazole rings is 1. The molecule has 1 fully saturated rings. The molecule has 1 aliphatic rings. The molecule has 1 saturated heterocycles. The predicted molar refractivity (Wildman–Crippen MR) is 52.4 cm³/mol. The molecule has 15 heavy (non-hydrogen) atoms. The Balaban J connectivity index is 2.17. The summed E-state index contributed by atoms with van der Waals surface area (Å²) in [5, 5.41) is 3.25. The summed E-state index contributed by atoms with van der Waals surface area (Å²) in [4.78, 5) is 15.4. The van der Waals surface area contributed by atoms with E-state index in [4.69, 9.17) is 9.15 Å². The Morgan fingerprint density at radius 1 is 1.80 bits per heavy atom. The molecule has 2 heterocycles. The Morgan fingerprint density at radius 2 is 2.67 bits per heavy atom. The van der Waals surface area contributed by atoms with Crippen molar-refractivity contribution in [3.63, 3.8) is 0 Å². The number of esters is 1. The SMILES string of the molecule is CCOC(=O)c1ncoc1C1CCCN1. The van der Waals surface area contributed by atoms with Gasteiger partial charge in [-0.25, -0.2) is 9.78 Å². The monoisotopic (exact) mass is 210 g/mol. The number of rotatable bonds is 3. The minimum Gasteiger partial charge on any atom is -0.461 e. The molecule has 0 aliphatic carbocycles. The molecule has 1 atom stereocenters. The molecule has 5 nitrogen and oxygen atoms in total. The summed E-state index contributed by atoms with van der Waals surface area (Å²) in [5.74, 6) is 0.195. The summed E-state index contributed by atoms with van der Waals surface area (Å²) >= 11 is 0. The van der Waals surface area contributed by atoms with E-state index >= 15 is 0 Å². The molecule has 0 aromatic carbocycles. The Kier molecular flexibility index (Phi) is 3.01. The van der Waals surface area contributed by atoms with Crippen LogP contribution in [0.15, 0.2) is 10.8 Å². The fraction of sp³-hybridized carbons (Fsp3) is 0.600. The van der Waals surface area contributed by atoms with Gasteiger partial charge in [0.25, 0.3) is 0 Å². The number of ether oxygens (including phenoxy) is 1. The third-order valence-corrected chi connectivity index (χ3v) is 2.44. The van der Waals surface area contributed by atoms with Gasteiger partial charge in [0.05, 0.1) is 12.6 Å². The number of hydrogen-bond donors (Lipinski definition) is 1. The summed E-state index contributed by atoms with van der Waals surface area (Å²) in [6, 6.07) is 0.104. The van der Waals surface area contributed by atoms with E-state index in [1.165, 1.54) is 6.39 Å². The lowest BCUT2D eigenvalue weighted by Crippen LogP contribution is -2.16. The Labute approximate surface area is 87.8 Å². The van der Waals surface area contributed by atoms with E-state index in [2.05, 4.69) is 10.3 Å². The van der Waals surface area contributed by atoms with Gasteiger partial charge in [0, 0.05) is 0 Å². The van der Waals surface area contributed by atoms with Crippen LogP contribution in [0.25, 0.3) is 0 Å². The highest BCUT2D eigenvalue weighted by Crippen LogP contribution is 2.25. The van der Waals surface area contributed by atoms with Gasteiger partial charge in [0.2, 0.25) is 0 Å². The Hall–Kier alpha value is -1.36. The number of aromatic nitrogens is 1. The first-order chi connectivity index (χ1) is 7.33. The summed E-state index contributed by atoms with van der Waals surface area (Å²) < 4.78 is 10.1. The molecular formula is C10H14N2O3. The van der Waals surface area contributed by atoms with Crippen molar-refractivity contribution in [1.82, 2.24) is 10.3 Å². The maximum absolute atomic E-state index is 11.5. The average molecular weight is 210 g/mol. The summed E-state index contributed by atoms with van der Waals surface area (Å²) in [5.41, 5.74) is 0.302. The van der Waals surface area contributed by atoms with E-state index in [1.807, 2.05) is 0 Å². The minimum atomic E-state index is -0.407. The van der Waals surface area contributed by atoms with Crippen molar-refractivity contribution in [2.45, 2.75) is 25.8 Å². The van der Waals surface area contributed by atoms with Crippen molar-refractivity contribution in [3.05, 3.63) is 17.8 Å². The highest BCUT2D eigenvalue weighted by Gasteiger charge is 2.27. The second-order valence-corrected chi connectivity index (χ2v) is 3.43. The van der Waals surface area contributed by atoms with Crippen LogP contribution in [0, 0.1) is 0 Å². The third kappa shape index (κ3) is 2.02. The van der Waals surface area contributed by atoms with Gasteiger partial charge in [0.1, 0.15) is 0 Å². The predicted octanol–water partition coefficient (Wildman–Crippen LogP) is 1.28. The fourth-order valence-corrected chi connectivity index (χ4v) is 1.76. The van der Waals surface area contributed by atoms with Crippen LogP contribution in [0.5, 0.6) is 0 Å². The highest BCUT2D eigenvalue weighted by molar-refractivity contribution is 5.88. The van der Waals surface area contributed by atoms with Crippen molar-refractivity contribution in [2.24, 2.45) is 0 Å². The molecule has 1 aromatic heterocycles. The second kappa shape index (κ2) is 4.44. The molecular weight excluding hydrogens is 196 g/mol. The van der Waals surface area contributed by atoms with Gasteiger partial charge >= 0.3 is 5.97 Å². The lowest BCUT2D eigenvalue weighted by molar-refractivity contribution is 0.0516. The van der Waals surface area contributed by atoms with Crippen LogP contribution in [-0.4, -0.2) is 24.1 Å².